The van der Waals surface area contributed by atoms with Crippen molar-refractivity contribution in [2.24, 2.45) is 5.73 Å². The van der Waals surface area contributed by atoms with Gasteiger partial charge in [0.2, 0.25) is 0 Å². The van der Waals surface area contributed by atoms with Crippen molar-refractivity contribution in [3.05, 3.63) is 21.3 Å². The van der Waals surface area contributed by atoms with Crippen LogP contribution in [-0.2, 0) is 9.47 Å². The topological polar surface area (TPSA) is 44.5 Å². The molecule has 0 aliphatic rings. The zero-order valence-corrected chi connectivity index (χ0v) is 12.1. The maximum Gasteiger partial charge on any atom is 0.107 e. The molecule has 2 N–H and O–H groups in total. The van der Waals surface area contributed by atoms with Gasteiger partial charge in [-0.1, -0.05) is 11.6 Å². The van der Waals surface area contributed by atoms with Gasteiger partial charge in [-0.05, 0) is 32.9 Å². The van der Waals surface area contributed by atoms with Crippen LogP contribution in [0.4, 0.5) is 0 Å². The summed E-state index contributed by atoms with van der Waals surface area (Å²) < 4.78 is 11.9. The first kappa shape index (κ1) is 14.9. The third kappa shape index (κ3) is 5.36. The standard InChI is InChI=1S/C12H20ClNO2S/c1-8(2)15-6-7-16-12(9(3)14)10-4-5-11(13)17-10/h4-5,8-9,12H,6-7,14H2,1-3H3. The first-order chi connectivity index (χ1) is 8.00. The number of hydrogen-bond donors (Lipinski definition) is 1. The van der Waals surface area contributed by atoms with Crippen LogP contribution in [0.15, 0.2) is 12.1 Å². The maximum absolute atomic E-state index is 5.92. The van der Waals surface area contributed by atoms with E-state index < -0.39 is 0 Å². The Labute approximate surface area is 112 Å². The lowest BCUT2D eigenvalue weighted by Crippen LogP contribution is -2.27. The van der Waals surface area contributed by atoms with Crippen molar-refractivity contribution in [1.82, 2.24) is 0 Å². The summed E-state index contributed by atoms with van der Waals surface area (Å²) >= 11 is 7.42. The third-order valence-electron chi connectivity index (χ3n) is 2.18. The molecule has 1 rings (SSSR count). The highest BCUT2D eigenvalue weighted by molar-refractivity contribution is 7.16. The van der Waals surface area contributed by atoms with Crippen LogP contribution in [0.1, 0.15) is 31.8 Å². The summed E-state index contributed by atoms with van der Waals surface area (Å²) in [6.07, 6.45) is 0.117. The Hall–Kier alpha value is -0.130. The van der Waals surface area contributed by atoms with Gasteiger partial charge in [0.05, 0.1) is 23.7 Å². The smallest absolute Gasteiger partial charge is 0.107 e. The molecule has 0 fully saturated rings. The van der Waals surface area contributed by atoms with Crippen molar-refractivity contribution >= 4 is 22.9 Å². The minimum Gasteiger partial charge on any atom is -0.376 e. The molecule has 2 atom stereocenters. The average Bonchev–Trinajstić information content (AvgIpc) is 2.63. The largest absolute Gasteiger partial charge is 0.376 e. The van der Waals surface area contributed by atoms with Crippen LogP contribution in [0, 0.1) is 0 Å². The van der Waals surface area contributed by atoms with Gasteiger partial charge in [0.1, 0.15) is 6.10 Å². The Morgan fingerprint density at radius 2 is 1.88 bits per heavy atom. The van der Waals surface area contributed by atoms with Crippen molar-refractivity contribution in [3.63, 3.8) is 0 Å². The Balaban J connectivity index is 2.44. The zero-order chi connectivity index (χ0) is 12.8. The highest BCUT2D eigenvalue weighted by Crippen LogP contribution is 2.30. The second-order valence-electron chi connectivity index (χ2n) is 4.21. The molecule has 0 aliphatic carbocycles. The molecule has 1 aromatic heterocycles. The molecule has 2 unspecified atom stereocenters. The molecule has 0 aliphatic heterocycles. The fourth-order valence-electron chi connectivity index (χ4n) is 1.43. The maximum atomic E-state index is 5.92. The van der Waals surface area contributed by atoms with E-state index in [1.54, 1.807) is 0 Å². The van der Waals surface area contributed by atoms with Gasteiger partial charge >= 0.3 is 0 Å². The highest BCUT2D eigenvalue weighted by atomic mass is 35.5. The predicted octanol–water partition coefficient (Wildman–Crippen LogP) is 3.23. The van der Waals surface area contributed by atoms with E-state index in [-0.39, 0.29) is 18.2 Å². The van der Waals surface area contributed by atoms with E-state index in [1.807, 2.05) is 32.9 Å². The van der Waals surface area contributed by atoms with Crippen LogP contribution in [0.5, 0.6) is 0 Å². The highest BCUT2D eigenvalue weighted by Gasteiger charge is 2.18. The van der Waals surface area contributed by atoms with Gasteiger partial charge in [-0.3, -0.25) is 0 Å². The van der Waals surface area contributed by atoms with Gasteiger partial charge in [-0.25, -0.2) is 0 Å². The lowest BCUT2D eigenvalue weighted by molar-refractivity contribution is -0.0188. The molecule has 0 saturated carbocycles. The SMILES string of the molecule is CC(C)OCCOC(c1ccc(Cl)s1)C(C)N. The Morgan fingerprint density at radius 3 is 2.35 bits per heavy atom. The van der Waals surface area contributed by atoms with E-state index >= 15 is 0 Å². The van der Waals surface area contributed by atoms with Crippen molar-refractivity contribution < 1.29 is 9.47 Å². The van der Waals surface area contributed by atoms with Crippen molar-refractivity contribution in [3.8, 4) is 0 Å². The summed E-state index contributed by atoms with van der Waals surface area (Å²) in [7, 11) is 0. The summed E-state index contributed by atoms with van der Waals surface area (Å²) in [5.41, 5.74) is 5.92. The average molecular weight is 278 g/mol. The van der Waals surface area contributed by atoms with Crippen LogP contribution >= 0.6 is 22.9 Å². The molecule has 0 radical (unpaired) electrons. The molecule has 0 spiro atoms. The van der Waals surface area contributed by atoms with Crippen LogP contribution in [0.25, 0.3) is 0 Å². The normalized spacial score (nSPS) is 15.2. The summed E-state index contributed by atoms with van der Waals surface area (Å²) in [4.78, 5) is 1.06. The first-order valence-corrected chi connectivity index (χ1v) is 6.94. The van der Waals surface area contributed by atoms with Gasteiger partial charge in [-0.15, -0.1) is 11.3 Å². The number of hydrogen-bond acceptors (Lipinski definition) is 4. The molecule has 0 amide bonds. The number of halogens is 1. The van der Waals surface area contributed by atoms with Gasteiger partial charge in [0, 0.05) is 10.9 Å². The first-order valence-electron chi connectivity index (χ1n) is 5.74. The van der Waals surface area contributed by atoms with E-state index in [1.165, 1.54) is 11.3 Å². The molecule has 0 bridgehead atoms. The molecule has 5 heteroatoms. The van der Waals surface area contributed by atoms with E-state index in [0.29, 0.717) is 13.2 Å². The molecule has 98 valence electrons. The van der Waals surface area contributed by atoms with Crippen LogP contribution in [0.2, 0.25) is 4.34 Å². The monoisotopic (exact) mass is 277 g/mol. The summed E-state index contributed by atoms with van der Waals surface area (Å²) in [5, 5.41) is 0. The van der Waals surface area contributed by atoms with Gasteiger partial charge in [0.25, 0.3) is 0 Å². The molecular formula is C12H20ClNO2S. The number of ether oxygens (including phenoxy) is 2. The minimum atomic E-state index is -0.108. The second kappa shape index (κ2) is 7.34. The molecule has 17 heavy (non-hydrogen) atoms. The Morgan fingerprint density at radius 1 is 1.24 bits per heavy atom. The van der Waals surface area contributed by atoms with E-state index in [9.17, 15) is 0 Å². The number of thiophene rings is 1. The molecule has 0 aromatic carbocycles. The van der Waals surface area contributed by atoms with E-state index in [4.69, 9.17) is 26.8 Å². The quantitative estimate of drug-likeness (QED) is 0.778. The fraction of sp³-hybridized carbons (Fsp3) is 0.667. The summed E-state index contributed by atoms with van der Waals surface area (Å²) in [6.45, 7) is 7.06. The number of rotatable bonds is 7. The second-order valence-corrected chi connectivity index (χ2v) is 5.96. The minimum absolute atomic E-state index is 0.0660. The molecule has 3 nitrogen and oxygen atoms in total. The van der Waals surface area contributed by atoms with E-state index in [2.05, 4.69) is 0 Å². The molecule has 1 heterocycles. The lowest BCUT2D eigenvalue weighted by atomic mass is 10.1. The van der Waals surface area contributed by atoms with Crippen LogP contribution in [-0.4, -0.2) is 25.4 Å². The van der Waals surface area contributed by atoms with Crippen molar-refractivity contribution in [2.45, 2.75) is 39.0 Å². The summed E-state index contributed by atoms with van der Waals surface area (Å²) in [6, 6.07) is 3.76. The van der Waals surface area contributed by atoms with E-state index in [0.717, 1.165) is 9.21 Å². The lowest BCUT2D eigenvalue weighted by Gasteiger charge is -2.20. The van der Waals surface area contributed by atoms with Crippen LogP contribution in [0.3, 0.4) is 0 Å². The molecule has 1 aromatic rings. The van der Waals surface area contributed by atoms with Crippen LogP contribution < -0.4 is 5.73 Å². The molecular weight excluding hydrogens is 258 g/mol. The zero-order valence-electron chi connectivity index (χ0n) is 10.5. The van der Waals surface area contributed by atoms with Gasteiger partial charge in [0.15, 0.2) is 0 Å². The van der Waals surface area contributed by atoms with Gasteiger partial charge < -0.3 is 15.2 Å². The Bertz CT molecular complexity index is 328. The predicted molar refractivity (Wildman–Crippen MR) is 72.8 cm³/mol. The molecule has 0 saturated heterocycles. The number of nitrogens with two attached hydrogens (primary N) is 1. The van der Waals surface area contributed by atoms with Gasteiger partial charge in [-0.2, -0.15) is 0 Å². The Kier molecular flexibility index (Phi) is 6.44. The third-order valence-corrected chi connectivity index (χ3v) is 3.48. The summed E-state index contributed by atoms with van der Waals surface area (Å²) in [5.74, 6) is 0. The van der Waals surface area contributed by atoms with Crippen molar-refractivity contribution in [2.75, 3.05) is 13.2 Å². The van der Waals surface area contributed by atoms with Crippen molar-refractivity contribution in [1.29, 1.82) is 0 Å². The fourth-order valence-corrected chi connectivity index (χ4v) is 2.66.